The number of benzene rings is 1. The molecule has 1 aliphatic rings. The molecule has 186 valence electrons. The van der Waals surface area contributed by atoms with Crippen molar-refractivity contribution in [3.05, 3.63) is 113 Å². The third-order valence-corrected chi connectivity index (χ3v) is 6.02. The Labute approximate surface area is 212 Å². The van der Waals surface area contributed by atoms with E-state index in [0.717, 1.165) is 23.5 Å². The fourth-order valence-electron chi connectivity index (χ4n) is 4.08. The number of hydrogen-bond donors (Lipinski definition) is 1. The van der Waals surface area contributed by atoms with Gasteiger partial charge in [0.1, 0.15) is 11.6 Å². The molecule has 0 saturated carbocycles. The molecule has 4 heterocycles. The molecule has 5 rings (SSSR count). The van der Waals surface area contributed by atoms with Gasteiger partial charge < -0.3 is 10.2 Å². The highest BCUT2D eigenvalue weighted by atomic mass is 19.1. The molecule has 1 amide bonds. The maximum Gasteiger partial charge on any atom is 0.251 e. The second-order valence-electron chi connectivity index (χ2n) is 8.83. The highest BCUT2D eigenvalue weighted by Gasteiger charge is 2.26. The van der Waals surface area contributed by atoms with Crippen LogP contribution in [0.1, 0.15) is 58.4 Å². The van der Waals surface area contributed by atoms with E-state index < -0.39 is 23.6 Å². The van der Waals surface area contributed by atoms with Gasteiger partial charge in [-0.3, -0.25) is 19.7 Å². The van der Waals surface area contributed by atoms with Crippen molar-refractivity contribution in [2.45, 2.75) is 32.4 Å². The van der Waals surface area contributed by atoms with Crippen LogP contribution in [0.4, 0.5) is 8.78 Å². The number of halogens is 2. The molecule has 4 aromatic rings. The van der Waals surface area contributed by atoms with Gasteiger partial charge in [-0.1, -0.05) is 17.3 Å². The van der Waals surface area contributed by atoms with E-state index in [1.807, 2.05) is 43.3 Å². The zero-order valence-electron chi connectivity index (χ0n) is 20.2. The van der Waals surface area contributed by atoms with Crippen LogP contribution in [0.25, 0.3) is 11.3 Å². The van der Waals surface area contributed by atoms with Crippen molar-refractivity contribution in [1.29, 1.82) is 0 Å². The zero-order chi connectivity index (χ0) is 25.9. The summed E-state index contributed by atoms with van der Waals surface area (Å²) < 4.78 is 27.5. The maximum absolute atomic E-state index is 14.2. The minimum atomic E-state index is -0.830. The number of carbonyl (C=O) groups excluding carboxylic acids is 1. The fraction of sp³-hybridized carbons (Fsp3) is 0.179. The molecule has 9 heteroatoms. The van der Waals surface area contributed by atoms with Crippen LogP contribution in [-0.2, 0) is 4.84 Å². The van der Waals surface area contributed by atoms with Gasteiger partial charge in [-0.15, -0.1) is 0 Å². The lowest BCUT2D eigenvalue weighted by Gasteiger charge is -2.15. The van der Waals surface area contributed by atoms with E-state index in [1.54, 1.807) is 31.5 Å². The Hall–Kier alpha value is -4.53. The van der Waals surface area contributed by atoms with Crippen molar-refractivity contribution in [3.63, 3.8) is 0 Å². The lowest BCUT2D eigenvalue weighted by atomic mass is 9.96. The number of nitrogens with zero attached hydrogens (tertiary/aromatic N) is 4. The summed E-state index contributed by atoms with van der Waals surface area (Å²) in [5.41, 5.74) is 4.80. The third kappa shape index (κ3) is 5.35. The van der Waals surface area contributed by atoms with Crippen LogP contribution in [-0.4, -0.2) is 26.6 Å². The Bertz CT molecular complexity index is 1480. The van der Waals surface area contributed by atoms with Gasteiger partial charge in [0.25, 0.3) is 5.91 Å². The SMILES string of the molecule is Cc1ccc(-c2cc(C(=O)N[C@H](C)c3ncc(F)cc3F)cc(C3=NOC(c4ccccn4)C3)c2)nc1. The molecule has 37 heavy (non-hydrogen) atoms. The lowest BCUT2D eigenvalue weighted by Crippen LogP contribution is -2.28. The number of hydrogen-bond acceptors (Lipinski definition) is 6. The van der Waals surface area contributed by atoms with Crippen molar-refractivity contribution in [1.82, 2.24) is 20.3 Å². The highest BCUT2D eigenvalue weighted by Crippen LogP contribution is 2.30. The molecule has 3 aromatic heterocycles. The number of pyridine rings is 3. The molecule has 1 aromatic carbocycles. The number of amides is 1. The van der Waals surface area contributed by atoms with Gasteiger partial charge in [-0.25, -0.2) is 8.78 Å². The topological polar surface area (TPSA) is 89.4 Å². The zero-order valence-corrected chi connectivity index (χ0v) is 20.2. The Morgan fingerprint density at radius 3 is 2.59 bits per heavy atom. The molecule has 2 atom stereocenters. The van der Waals surface area contributed by atoms with Crippen LogP contribution in [0, 0.1) is 18.6 Å². The summed E-state index contributed by atoms with van der Waals surface area (Å²) in [4.78, 5) is 31.6. The van der Waals surface area contributed by atoms with Crippen molar-refractivity contribution < 1.29 is 18.4 Å². The highest BCUT2D eigenvalue weighted by molar-refractivity contribution is 6.05. The molecule has 0 saturated heterocycles. The van der Waals surface area contributed by atoms with E-state index in [0.29, 0.717) is 34.5 Å². The quantitative estimate of drug-likeness (QED) is 0.379. The maximum atomic E-state index is 14.2. The molecular formula is C28H23F2N5O2. The molecule has 1 N–H and O–H groups in total. The van der Waals surface area contributed by atoms with Gasteiger partial charge in [-0.05, 0) is 55.8 Å². The first-order chi connectivity index (χ1) is 17.9. The Morgan fingerprint density at radius 2 is 1.86 bits per heavy atom. The first-order valence-electron chi connectivity index (χ1n) is 11.7. The molecule has 7 nitrogen and oxygen atoms in total. The van der Waals surface area contributed by atoms with Crippen LogP contribution in [0.2, 0.25) is 0 Å². The normalized spacial score (nSPS) is 15.6. The van der Waals surface area contributed by atoms with Crippen LogP contribution < -0.4 is 5.32 Å². The number of rotatable bonds is 6. The van der Waals surface area contributed by atoms with Gasteiger partial charge in [0, 0.05) is 41.6 Å². The van der Waals surface area contributed by atoms with Gasteiger partial charge in [-0.2, -0.15) is 0 Å². The minimum absolute atomic E-state index is 0.0573. The lowest BCUT2D eigenvalue weighted by molar-refractivity contribution is 0.0826. The largest absolute Gasteiger partial charge is 0.385 e. The second-order valence-corrected chi connectivity index (χ2v) is 8.83. The van der Waals surface area contributed by atoms with Crippen LogP contribution >= 0.6 is 0 Å². The number of carbonyl (C=O) groups is 1. The number of nitrogens with one attached hydrogen (secondary N) is 1. The second kappa shape index (κ2) is 10.2. The molecule has 1 unspecified atom stereocenters. The smallest absolute Gasteiger partial charge is 0.251 e. The predicted octanol–water partition coefficient (Wildman–Crippen LogP) is 5.48. The van der Waals surface area contributed by atoms with Gasteiger partial charge in [0.2, 0.25) is 0 Å². The van der Waals surface area contributed by atoms with Gasteiger partial charge in [0.15, 0.2) is 6.10 Å². The molecule has 0 spiro atoms. The van der Waals surface area contributed by atoms with E-state index in [-0.39, 0.29) is 11.8 Å². The van der Waals surface area contributed by atoms with Crippen molar-refractivity contribution in [3.8, 4) is 11.3 Å². The van der Waals surface area contributed by atoms with Gasteiger partial charge in [0.05, 0.1) is 35.0 Å². The monoisotopic (exact) mass is 499 g/mol. The van der Waals surface area contributed by atoms with Crippen molar-refractivity contribution >= 4 is 11.6 Å². The number of oxime groups is 1. The molecule has 0 aliphatic carbocycles. The first kappa shape index (κ1) is 24.2. The van der Waals surface area contributed by atoms with E-state index in [2.05, 4.69) is 25.4 Å². The number of aryl methyl sites for hydroxylation is 1. The Morgan fingerprint density at radius 1 is 1.03 bits per heavy atom. The average Bonchev–Trinajstić information content (AvgIpc) is 3.40. The predicted molar refractivity (Wildman–Crippen MR) is 134 cm³/mol. The molecule has 0 fully saturated rings. The molecular weight excluding hydrogens is 476 g/mol. The summed E-state index contributed by atoms with van der Waals surface area (Å²) in [5.74, 6) is -2.07. The molecule has 0 bridgehead atoms. The summed E-state index contributed by atoms with van der Waals surface area (Å²) in [6, 6.07) is 14.7. The van der Waals surface area contributed by atoms with E-state index in [9.17, 15) is 13.6 Å². The van der Waals surface area contributed by atoms with Crippen LogP contribution in [0.3, 0.4) is 0 Å². The van der Waals surface area contributed by atoms with E-state index in [4.69, 9.17) is 4.84 Å². The summed E-state index contributed by atoms with van der Waals surface area (Å²) >= 11 is 0. The molecule has 0 radical (unpaired) electrons. The Kier molecular flexibility index (Phi) is 6.68. The summed E-state index contributed by atoms with van der Waals surface area (Å²) in [6.45, 7) is 3.53. The third-order valence-electron chi connectivity index (χ3n) is 6.02. The van der Waals surface area contributed by atoms with E-state index in [1.165, 1.54) is 0 Å². The van der Waals surface area contributed by atoms with Crippen LogP contribution in [0.15, 0.2) is 78.3 Å². The summed E-state index contributed by atoms with van der Waals surface area (Å²) in [5, 5.41) is 7.02. The standard InChI is InChI=1S/C28H23F2N5O2/c1-16-6-7-23(32-14-16)18-9-19(25-13-26(37-35-25)24-5-3-4-8-31-24)11-20(10-18)28(36)34-17(2)27-22(30)12-21(29)15-33-27/h3-12,14-15,17,26H,13H2,1-2H3,(H,34,36)/t17-,26?/m1/s1. The summed E-state index contributed by atoms with van der Waals surface area (Å²) in [7, 11) is 0. The molecule has 1 aliphatic heterocycles. The van der Waals surface area contributed by atoms with Crippen molar-refractivity contribution in [2.24, 2.45) is 5.16 Å². The first-order valence-corrected chi connectivity index (χ1v) is 11.7. The van der Waals surface area contributed by atoms with E-state index >= 15 is 0 Å². The average molecular weight is 500 g/mol. The fourth-order valence-corrected chi connectivity index (χ4v) is 4.08. The Balaban J connectivity index is 1.46. The van der Waals surface area contributed by atoms with Gasteiger partial charge >= 0.3 is 0 Å². The minimum Gasteiger partial charge on any atom is -0.385 e. The van der Waals surface area contributed by atoms with Crippen molar-refractivity contribution in [2.75, 3.05) is 0 Å². The number of aromatic nitrogens is 3. The van der Waals surface area contributed by atoms with Crippen LogP contribution in [0.5, 0.6) is 0 Å². The summed E-state index contributed by atoms with van der Waals surface area (Å²) in [6.07, 6.45) is 4.51.